The average molecular weight is 292 g/mol. The maximum Gasteiger partial charge on any atom is 0.234 e. The van der Waals surface area contributed by atoms with Crippen molar-refractivity contribution < 1.29 is 9.59 Å². The fourth-order valence-corrected chi connectivity index (χ4v) is 2.14. The fraction of sp³-hybridized carbons (Fsp3) is 0.333. The smallest absolute Gasteiger partial charge is 0.234 e. The molecular weight excluding hydrogens is 272 g/mol. The van der Waals surface area contributed by atoms with Crippen LogP contribution in [-0.2, 0) is 9.59 Å². The summed E-state index contributed by atoms with van der Waals surface area (Å²) in [6.07, 6.45) is 1.62. The van der Waals surface area contributed by atoms with Crippen LogP contribution in [0.2, 0.25) is 0 Å². The van der Waals surface area contributed by atoms with Crippen LogP contribution in [0.4, 0.5) is 5.69 Å². The highest BCUT2D eigenvalue weighted by Gasteiger charge is 2.14. The second-order valence-corrected chi connectivity index (χ2v) is 5.73. The third kappa shape index (κ3) is 5.93. The number of hydrogen-bond donors (Lipinski definition) is 2. The lowest BCUT2D eigenvalue weighted by atomic mass is 10.2. The number of aryl methyl sites for hydroxylation is 1. The Labute approximate surface area is 124 Å². The highest BCUT2D eigenvalue weighted by Crippen LogP contribution is 2.13. The first-order chi connectivity index (χ1) is 9.52. The lowest BCUT2D eigenvalue weighted by Crippen LogP contribution is -2.31. The van der Waals surface area contributed by atoms with Crippen LogP contribution in [0, 0.1) is 6.92 Å². The van der Waals surface area contributed by atoms with Crippen LogP contribution in [0.25, 0.3) is 0 Å². The van der Waals surface area contributed by atoms with E-state index >= 15 is 0 Å². The van der Waals surface area contributed by atoms with E-state index < -0.39 is 0 Å². The lowest BCUT2D eigenvalue weighted by molar-refractivity contribution is -0.120. The molecule has 0 saturated heterocycles. The van der Waals surface area contributed by atoms with Crippen LogP contribution >= 0.6 is 11.8 Å². The Kier molecular flexibility index (Phi) is 6.87. The summed E-state index contributed by atoms with van der Waals surface area (Å²) in [5.74, 6) is 0.0524. The van der Waals surface area contributed by atoms with Crippen molar-refractivity contribution in [1.29, 1.82) is 0 Å². The molecule has 1 rings (SSSR count). The third-order valence-electron chi connectivity index (χ3n) is 2.59. The molecule has 0 radical (unpaired) electrons. The van der Waals surface area contributed by atoms with Gasteiger partial charge in [0.05, 0.1) is 11.0 Å². The third-order valence-corrected chi connectivity index (χ3v) is 3.73. The number of rotatable bonds is 7. The molecule has 5 heteroatoms. The predicted molar refractivity (Wildman–Crippen MR) is 84.9 cm³/mol. The Morgan fingerprint density at radius 3 is 2.60 bits per heavy atom. The summed E-state index contributed by atoms with van der Waals surface area (Å²) in [5.41, 5.74) is 1.91. The Hall–Kier alpha value is -1.75. The molecule has 2 amide bonds. The van der Waals surface area contributed by atoms with Crippen molar-refractivity contribution in [3.05, 3.63) is 42.5 Å². The van der Waals surface area contributed by atoms with E-state index in [-0.39, 0.29) is 22.8 Å². The molecule has 0 aromatic heterocycles. The van der Waals surface area contributed by atoms with E-state index in [9.17, 15) is 9.59 Å². The molecule has 0 unspecified atom stereocenters. The zero-order chi connectivity index (χ0) is 15.0. The van der Waals surface area contributed by atoms with Crippen molar-refractivity contribution in [1.82, 2.24) is 5.32 Å². The average Bonchev–Trinajstić information content (AvgIpc) is 2.44. The van der Waals surface area contributed by atoms with Crippen LogP contribution in [0.5, 0.6) is 0 Å². The molecule has 0 aliphatic carbocycles. The molecule has 108 valence electrons. The number of nitrogens with one attached hydrogen (secondary N) is 2. The summed E-state index contributed by atoms with van der Waals surface area (Å²) in [5, 5.41) is 5.24. The highest BCUT2D eigenvalue weighted by atomic mass is 32.2. The van der Waals surface area contributed by atoms with Gasteiger partial charge in [-0.3, -0.25) is 9.59 Å². The standard InChI is InChI=1S/C15H20N2O2S/c1-4-9-16-15(19)12(3)20-10-14(18)17-13-7-5-11(2)6-8-13/h4-8,12H,1,9-10H2,2-3H3,(H,16,19)(H,17,18)/t12-/m0/s1. The summed E-state index contributed by atoms with van der Waals surface area (Å²) < 4.78 is 0. The van der Waals surface area contributed by atoms with Gasteiger partial charge in [0.25, 0.3) is 0 Å². The van der Waals surface area contributed by atoms with E-state index in [1.165, 1.54) is 11.8 Å². The number of carbonyl (C=O) groups is 2. The monoisotopic (exact) mass is 292 g/mol. The lowest BCUT2D eigenvalue weighted by Gasteiger charge is -2.11. The van der Waals surface area contributed by atoms with Gasteiger partial charge in [0, 0.05) is 12.2 Å². The van der Waals surface area contributed by atoms with Gasteiger partial charge >= 0.3 is 0 Å². The Balaban J connectivity index is 2.34. The van der Waals surface area contributed by atoms with Gasteiger partial charge in [-0.05, 0) is 26.0 Å². The van der Waals surface area contributed by atoms with Gasteiger partial charge in [0.1, 0.15) is 0 Å². The maximum absolute atomic E-state index is 11.8. The van der Waals surface area contributed by atoms with Crippen molar-refractivity contribution in [2.75, 3.05) is 17.6 Å². The molecular formula is C15H20N2O2S. The van der Waals surface area contributed by atoms with Gasteiger partial charge in [-0.1, -0.05) is 23.8 Å². The second kappa shape index (κ2) is 8.43. The van der Waals surface area contributed by atoms with E-state index in [0.717, 1.165) is 11.3 Å². The number of hydrogen-bond acceptors (Lipinski definition) is 3. The van der Waals surface area contributed by atoms with Gasteiger partial charge in [0.2, 0.25) is 11.8 Å². The van der Waals surface area contributed by atoms with Crippen LogP contribution in [0.15, 0.2) is 36.9 Å². The van der Waals surface area contributed by atoms with Gasteiger partial charge in [0.15, 0.2) is 0 Å². The summed E-state index contributed by atoms with van der Waals surface area (Å²) in [6, 6.07) is 7.60. The molecule has 1 aromatic carbocycles. The minimum Gasteiger partial charge on any atom is -0.352 e. The minimum absolute atomic E-state index is 0.0852. The first-order valence-corrected chi connectivity index (χ1v) is 7.44. The Bertz CT molecular complexity index is 471. The van der Waals surface area contributed by atoms with E-state index in [1.807, 2.05) is 31.2 Å². The first-order valence-electron chi connectivity index (χ1n) is 6.39. The van der Waals surface area contributed by atoms with Crippen LogP contribution < -0.4 is 10.6 Å². The van der Waals surface area contributed by atoms with Crippen molar-refractivity contribution in [2.45, 2.75) is 19.1 Å². The number of amides is 2. The Morgan fingerprint density at radius 1 is 1.35 bits per heavy atom. The quantitative estimate of drug-likeness (QED) is 0.759. The van der Waals surface area contributed by atoms with Crippen molar-refractivity contribution >= 4 is 29.3 Å². The fourth-order valence-electron chi connectivity index (χ4n) is 1.43. The molecule has 4 nitrogen and oxygen atoms in total. The molecule has 20 heavy (non-hydrogen) atoms. The molecule has 1 atom stereocenters. The molecule has 0 aliphatic heterocycles. The zero-order valence-electron chi connectivity index (χ0n) is 11.8. The largest absolute Gasteiger partial charge is 0.352 e. The van der Waals surface area contributed by atoms with Gasteiger partial charge in [-0.15, -0.1) is 18.3 Å². The predicted octanol–water partition coefficient (Wildman–Crippen LogP) is 2.36. The van der Waals surface area contributed by atoms with Crippen LogP contribution in [0.3, 0.4) is 0 Å². The first kappa shape index (κ1) is 16.3. The normalized spacial score (nSPS) is 11.5. The van der Waals surface area contributed by atoms with E-state index in [4.69, 9.17) is 0 Å². The van der Waals surface area contributed by atoms with Crippen molar-refractivity contribution in [3.63, 3.8) is 0 Å². The van der Waals surface area contributed by atoms with Crippen LogP contribution in [-0.4, -0.2) is 29.4 Å². The molecule has 0 fully saturated rings. The second-order valence-electron chi connectivity index (χ2n) is 4.40. The van der Waals surface area contributed by atoms with E-state index in [1.54, 1.807) is 13.0 Å². The molecule has 0 aliphatic rings. The number of benzene rings is 1. The SMILES string of the molecule is C=CCNC(=O)[C@H](C)SCC(=O)Nc1ccc(C)cc1. The summed E-state index contributed by atoms with van der Waals surface area (Å²) in [6.45, 7) is 7.75. The topological polar surface area (TPSA) is 58.2 Å². The van der Waals surface area contributed by atoms with Gasteiger partial charge < -0.3 is 10.6 Å². The van der Waals surface area contributed by atoms with Gasteiger partial charge in [-0.25, -0.2) is 0 Å². The number of thioether (sulfide) groups is 1. The highest BCUT2D eigenvalue weighted by molar-refractivity contribution is 8.01. The minimum atomic E-state index is -0.265. The molecule has 2 N–H and O–H groups in total. The van der Waals surface area contributed by atoms with Crippen molar-refractivity contribution in [2.24, 2.45) is 0 Å². The zero-order valence-corrected chi connectivity index (χ0v) is 12.6. The van der Waals surface area contributed by atoms with E-state index in [0.29, 0.717) is 6.54 Å². The number of carbonyl (C=O) groups excluding carboxylic acids is 2. The summed E-state index contributed by atoms with van der Waals surface area (Å²) in [4.78, 5) is 23.4. The summed E-state index contributed by atoms with van der Waals surface area (Å²) >= 11 is 1.31. The molecule has 0 spiro atoms. The molecule has 1 aromatic rings. The van der Waals surface area contributed by atoms with E-state index in [2.05, 4.69) is 17.2 Å². The Morgan fingerprint density at radius 2 is 2.00 bits per heavy atom. The summed E-state index contributed by atoms with van der Waals surface area (Å²) in [7, 11) is 0. The van der Waals surface area contributed by atoms with Gasteiger partial charge in [-0.2, -0.15) is 0 Å². The molecule has 0 bridgehead atoms. The van der Waals surface area contributed by atoms with Crippen LogP contribution in [0.1, 0.15) is 12.5 Å². The number of anilines is 1. The molecule has 0 saturated carbocycles. The maximum atomic E-state index is 11.8. The molecule has 0 heterocycles. The van der Waals surface area contributed by atoms with Crippen molar-refractivity contribution in [3.8, 4) is 0 Å².